The minimum Gasteiger partial charge on any atom is -0.398 e. The number of amides is 1. The lowest BCUT2D eigenvalue weighted by molar-refractivity contribution is 0.0949. The molecule has 1 aliphatic rings. The van der Waals surface area contributed by atoms with Gasteiger partial charge in [0.1, 0.15) is 0 Å². The molecule has 1 aliphatic carbocycles. The molecule has 0 heterocycles. The molecular formula is C12H14F2N2O. The molecule has 1 amide bonds. The van der Waals surface area contributed by atoms with Crippen molar-refractivity contribution in [3.63, 3.8) is 0 Å². The molecule has 2 atom stereocenters. The molecule has 0 aliphatic heterocycles. The average Bonchev–Trinajstić information content (AvgIpc) is 3.01. The molecule has 1 saturated carbocycles. The Kier molecular flexibility index (Phi) is 3.00. The van der Waals surface area contributed by atoms with Crippen molar-refractivity contribution in [2.24, 2.45) is 5.92 Å². The number of nitrogen functional groups attached to an aromatic ring is 1. The van der Waals surface area contributed by atoms with Crippen LogP contribution in [0.4, 0.5) is 14.5 Å². The quantitative estimate of drug-likeness (QED) is 0.795. The third-order valence-electron chi connectivity index (χ3n) is 3.10. The molecule has 2 unspecified atom stereocenters. The number of carbonyl (C=O) groups excluding carboxylic acids is 1. The van der Waals surface area contributed by atoms with Crippen molar-refractivity contribution < 1.29 is 13.6 Å². The molecule has 0 saturated heterocycles. The number of hydrogen-bond donors (Lipinski definition) is 2. The first-order valence-electron chi connectivity index (χ1n) is 5.58. The molecule has 0 bridgehead atoms. The number of anilines is 1. The second kappa shape index (κ2) is 4.31. The van der Waals surface area contributed by atoms with Crippen molar-refractivity contribution in [3.05, 3.63) is 29.3 Å². The largest absolute Gasteiger partial charge is 0.398 e. The zero-order valence-corrected chi connectivity index (χ0v) is 9.47. The highest BCUT2D eigenvalue weighted by Gasteiger charge is 2.36. The zero-order valence-electron chi connectivity index (χ0n) is 9.47. The first kappa shape index (κ1) is 11.8. The van der Waals surface area contributed by atoms with E-state index in [0.29, 0.717) is 5.92 Å². The summed E-state index contributed by atoms with van der Waals surface area (Å²) >= 11 is 0. The smallest absolute Gasteiger partial charge is 0.253 e. The van der Waals surface area contributed by atoms with Crippen molar-refractivity contribution in [1.82, 2.24) is 5.32 Å². The number of hydrogen-bond acceptors (Lipinski definition) is 2. The van der Waals surface area contributed by atoms with E-state index in [0.717, 1.165) is 25.0 Å². The lowest BCUT2D eigenvalue weighted by Crippen LogP contribution is -2.27. The van der Waals surface area contributed by atoms with Crippen LogP contribution in [0.3, 0.4) is 0 Å². The van der Waals surface area contributed by atoms with Crippen LogP contribution in [0.25, 0.3) is 0 Å². The average molecular weight is 240 g/mol. The van der Waals surface area contributed by atoms with E-state index in [4.69, 9.17) is 5.73 Å². The second-order valence-electron chi connectivity index (χ2n) is 4.34. The number of nitrogens with two attached hydrogens (primary N) is 1. The number of benzene rings is 1. The van der Waals surface area contributed by atoms with Gasteiger partial charge in [0.05, 0.1) is 5.56 Å². The number of halogens is 2. The first-order chi connectivity index (χ1) is 8.02. The third kappa shape index (κ3) is 2.38. The van der Waals surface area contributed by atoms with Gasteiger partial charge in [-0.3, -0.25) is 4.79 Å². The van der Waals surface area contributed by atoms with Gasteiger partial charge in [-0.1, -0.05) is 13.3 Å². The standard InChI is InChI=1S/C12H14F2N2O/c1-2-6-3-11(6)16-12(17)7-4-8(13)9(14)5-10(7)15/h4-6,11H,2-3,15H2,1H3,(H,16,17). The van der Waals surface area contributed by atoms with E-state index in [1.807, 2.05) is 6.92 Å². The molecular weight excluding hydrogens is 226 g/mol. The Morgan fingerprint density at radius 2 is 2.12 bits per heavy atom. The fourth-order valence-corrected chi connectivity index (χ4v) is 1.88. The molecule has 1 aromatic carbocycles. The Balaban J connectivity index is 2.12. The summed E-state index contributed by atoms with van der Waals surface area (Å²) in [7, 11) is 0. The molecule has 3 nitrogen and oxygen atoms in total. The summed E-state index contributed by atoms with van der Waals surface area (Å²) in [6.07, 6.45) is 1.93. The summed E-state index contributed by atoms with van der Waals surface area (Å²) in [5, 5.41) is 2.75. The Hall–Kier alpha value is -1.65. The fourth-order valence-electron chi connectivity index (χ4n) is 1.88. The molecule has 5 heteroatoms. The molecule has 1 aromatic rings. The van der Waals surface area contributed by atoms with Crippen LogP contribution < -0.4 is 11.1 Å². The van der Waals surface area contributed by atoms with E-state index < -0.39 is 17.5 Å². The van der Waals surface area contributed by atoms with E-state index in [2.05, 4.69) is 5.32 Å². The summed E-state index contributed by atoms with van der Waals surface area (Å²) in [4.78, 5) is 11.8. The Labute approximate surface area is 98.0 Å². The van der Waals surface area contributed by atoms with Crippen molar-refractivity contribution in [2.75, 3.05) is 5.73 Å². The van der Waals surface area contributed by atoms with Gasteiger partial charge < -0.3 is 11.1 Å². The topological polar surface area (TPSA) is 55.1 Å². The number of nitrogens with one attached hydrogen (secondary N) is 1. The predicted octanol–water partition coefficient (Wildman–Crippen LogP) is 2.08. The third-order valence-corrected chi connectivity index (χ3v) is 3.10. The van der Waals surface area contributed by atoms with Gasteiger partial charge in [0.25, 0.3) is 5.91 Å². The molecule has 92 valence electrons. The van der Waals surface area contributed by atoms with Gasteiger partial charge in [0.15, 0.2) is 11.6 Å². The maximum atomic E-state index is 13.0. The fraction of sp³-hybridized carbons (Fsp3) is 0.417. The van der Waals surface area contributed by atoms with Gasteiger partial charge in [-0.2, -0.15) is 0 Å². The molecule has 17 heavy (non-hydrogen) atoms. The van der Waals surface area contributed by atoms with Crippen LogP contribution in [-0.2, 0) is 0 Å². The van der Waals surface area contributed by atoms with Gasteiger partial charge in [0.2, 0.25) is 0 Å². The number of rotatable bonds is 3. The lowest BCUT2D eigenvalue weighted by Gasteiger charge is -2.07. The van der Waals surface area contributed by atoms with E-state index in [1.54, 1.807) is 0 Å². The molecule has 3 N–H and O–H groups in total. The van der Waals surface area contributed by atoms with Gasteiger partial charge in [0, 0.05) is 17.8 Å². The van der Waals surface area contributed by atoms with Crippen molar-refractivity contribution in [1.29, 1.82) is 0 Å². The summed E-state index contributed by atoms with van der Waals surface area (Å²) < 4.78 is 25.8. The Morgan fingerprint density at radius 1 is 1.47 bits per heavy atom. The van der Waals surface area contributed by atoms with Crippen LogP contribution in [0.5, 0.6) is 0 Å². The highest BCUT2D eigenvalue weighted by Crippen LogP contribution is 2.33. The summed E-state index contributed by atoms with van der Waals surface area (Å²) in [6.45, 7) is 2.04. The minimum absolute atomic E-state index is 0.00865. The van der Waals surface area contributed by atoms with Crippen LogP contribution in [-0.4, -0.2) is 11.9 Å². The van der Waals surface area contributed by atoms with Crippen molar-refractivity contribution in [3.8, 4) is 0 Å². The zero-order chi connectivity index (χ0) is 12.6. The highest BCUT2D eigenvalue weighted by atomic mass is 19.2. The maximum absolute atomic E-state index is 13.0. The summed E-state index contributed by atoms with van der Waals surface area (Å²) in [5.74, 6) is -2.06. The molecule has 0 radical (unpaired) electrons. The predicted molar refractivity (Wildman–Crippen MR) is 60.4 cm³/mol. The highest BCUT2D eigenvalue weighted by molar-refractivity contribution is 5.99. The molecule has 0 aromatic heterocycles. The van der Waals surface area contributed by atoms with E-state index >= 15 is 0 Å². The van der Waals surface area contributed by atoms with Crippen LogP contribution in [0.15, 0.2) is 12.1 Å². The van der Waals surface area contributed by atoms with E-state index in [1.165, 1.54) is 0 Å². The van der Waals surface area contributed by atoms with E-state index in [9.17, 15) is 13.6 Å². The SMILES string of the molecule is CCC1CC1NC(=O)c1cc(F)c(F)cc1N. The van der Waals surface area contributed by atoms with Crippen LogP contribution in [0.1, 0.15) is 30.1 Å². The Morgan fingerprint density at radius 3 is 2.71 bits per heavy atom. The van der Waals surface area contributed by atoms with Crippen LogP contribution >= 0.6 is 0 Å². The molecule has 0 spiro atoms. The van der Waals surface area contributed by atoms with Crippen LogP contribution in [0, 0.1) is 17.6 Å². The number of carbonyl (C=O) groups is 1. The molecule has 2 rings (SSSR count). The maximum Gasteiger partial charge on any atom is 0.253 e. The summed E-state index contributed by atoms with van der Waals surface area (Å²) in [6, 6.07) is 1.80. The van der Waals surface area contributed by atoms with Gasteiger partial charge >= 0.3 is 0 Å². The monoisotopic (exact) mass is 240 g/mol. The second-order valence-corrected chi connectivity index (χ2v) is 4.34. The van der Waals surface area contributed by atoms with Crippen molar-refractivity contribution in [2.45, 2.75) is 25.8 Å². The van der Waals surface area contributed by atoms with Gasteiger partial charge in [-0.05, 0) is 18.4 Å². The van der Waals surface area contributed by atoms with Crippen LogP contribution in [0.2, 0.25) is 0 Å². The van der Waals surface area contributed by atoms with Gasteiger partial charge in [-0.15, -0.1) is 0 Å². The Bertz CT molecular complexity index is 462. The lowest BCUT2D eigenvalue weighted by atomic mass is 10.1. The van der Waals surface area contributed by atoms with E-state index in [-0.39, 0.29) is 17.3 Å². The van der Waals surface area contributed by atoms with Crippen molar-refractivity contribution >= 4 is 11.6 Å². The normalized spacial score (nSPS) is 22.3. The minimum atomic E-state index is -1.06. The van der Waals surface area contributed by atoms with Gasteiger partial charge in [-0.25, -0.2) is 8.78 Å². The first-order valence-corrected chi connectivity index (χ1v) is 5.58. The molecule has 1 fully saturated rings. The summed E-state index contributed by atoms with van der Waals surface area (Å²) in [5.41, 5.74) is 5.43.